The standard InChI is InChI=1S/C24H33ClN4O4S/c1-3-33-23-8-5-4-7-22(23)29(34(31,32)21-11-9-20(25)10-12-21)19-24(30)26-13-6-14-28-17-15-27(2)16-18-28/h4-5,7-12H,3,6,13-19H2,1-2H3,(H,26,30). The number of carbonyl (C=O) groups is 1. The molecule has 3 rings (SSSR count). The summed E-state index contributed by atoms with van der Waals surface area (Å²) >= 11 is 5.94. The molecule has 186 valence electrons. The largest absolute Gasteiger partial charge is 0.492 e. The van der Waals surface area contributed by atoms with Gasteiger partial charge in [-0.1, -0.05) is 23.7 Å². The zero-order valence-electron chi connectivity index (χ0n) is 19.7. The predicted molar refractivity (Wildman–Crippen MR) is 135 cm³/mol. The van der Waals surface area contributed by atoms with Gasteiger partial charge in [0.2, 0.25) is 5.91 Å². The number of rotatable bonds is 11. The molecule has 1 N–H and O–H groups in total. The summed E-state index contributed by atoms with van der Waals surface area (Å²) in [4.78, 5) is 17.5. The first-order valence-corrected chi connectivity index (χ1v) is 13.3. The fraction of sp³-hybridized carbons (Fsp3) is 0.458. The maximum Gasteiger partial charge on any atom is 0.264 e. The van der Waals surface area contributed by atoms with Crippen LogP contribution in [0.3, 0.4) is 0 Å². The number of ether oxygens (including phenoxy) is 1. The Morgan fingerprint density at radius 1 is 1.09 bits per heavy atom. The summed E-state index contributed by atoms with van der Waals surface area (Å²) in [5, 5.41) is 3.30. The van der Waals surface area contributed by atoms with Crippen LogP contribution in [0.1, 0.15) is 13.3 Å². The molecule has 1 fully saturated rings. The summed E-state index contributed by atoms with van der Waals surface area (Å²) in [6.45, 7) is 7.33. The third-order valence-corrected chi connectivity index (χ3v) is 7.72. The number of nitrogens with zero attached hydrogens (tertiary/aromatic N) is 3. The summed E-state index contributed by atoms with van der Waals surface area (Å²) in [6, 6.07) is 12.7. The van der Waals surface area contributed by atoms with Gasteiger partial charge in [0.15, 0.2) is 0 Å². The number of halogens is 1. The molecule has 1 amide bonds. The fourth-order valence-electron chi connectivity index (χ4n) is 3.76. The van der Waals surface area contributed by atoms with Crippen molar-refractivity contribution in [3.8, 4) is 5.75 Å². The van der Waals surface area contributed by atoms with E-state index < -0.39 is 10.0 Å². The van der Waals surface area contributed by atoms with Gasteiger partial charge in [0.05, 0.1) is 17.2 Å². The second kappa shape index (κ2) is 12.4. The first-order valence-electron chi connectivity index (χ1n) is 11.5. The molecular weight excluding hydrogens is 476 g/mol. The van der Waals surface area contributed by atoms with E-state index in [0.717, 1.165) is 43.4 Å². The second-order valence-corrected chi connectivity index (χ2v) is 10.5. The Hall–Kier alpha value is -2.33. The molecule has 0 bridgehead atoms. The third-order valence-electron chi connectivity index (χ3n) is 5.69. The molecule has 34 heavy (non-hydrogen) atoms. The number of sulfonamides is 1. The number of hydrogen-bond donors (Lipinski definition) is 1. The quantitative estimate of drug-likeness (QED) is 0.470. The summed E-state index contributed by atoms with van der Waals surface area (Å²) in [7, 11) is -1.92. The van der Waals surface area contributed by atoms with E-state index in [-0.39, 0.29) is 17.3 Å². The monoisotopic (exact) mass is 508 g/mol. The van der Waals surface area contributed by atoms with E-state index in [9.17, 15) is 13.2 Å². The highest BCUT2D eigenvalue weighted by atomic mass is 35.5. The van der Waals surface area contributed by atoms with Crippen molar-refractivity contribution < 1.29 is 17.9 Å². The molecule has 0 saturated carbocycles. The molecule has 0 spiro atoms. The van der Waals surface area contributed by atoms with Crippen LogP contribution in [0.5, 0.6) is 5.75 Å². The number of piperazine rings is 1. The Balaban J connectivity index is 1.71. The molecule has 1 aliphatic heterocycles. The Morgan fingerprint density at radius 3 is 2.44 bits per heavy atom. The summed E-state index contributed by atoms with van der Waals surface area (Å²) in [5.41, 5.74) is 0.312. The van der Waals surface area contributed by atoms with Crippen molar-refractivity contribution in [1.82, 2.24) is 15.1 Å². The number of carbonyl (C=O) groups excluding carboxylic acids is 1. The topological polar surface area (TPSA) is 82.2 Å². The van der Waals surface area contributed by atoms with Crippen LogP contribution in [-0.2, 0) is 14.8 Å². The van der Waals surface area contributed by atoms with Crippen molar-refractivity contribution in [1.29, 1.82) is 0 Å². The van der Waals surface area contributed by atoms with E-state index in [2.05, 4.69) is 22.2 Å². The van der Waals surface area contributed by atoms with Gasteiger partial charge in [-0.15, -0.1) is 0 Å². The molecule has 0 aliphatic carbocycles. The van der Waals surface area contributed by atoms with E-state index in [1.54, 1.807) is 24.3 Å². The number of amides is 1. The molecule has 1 aliphatic rings. The van der Waals surface area contributed by atoms with Gasteiger partial charge >= 0.3 is 0 Å². The molecule has 0 radical (unpaired) electrons. The number of hydrogen-bond acceptors (Lipinski definition) is 6. The lowest BCUT2D eigenvalue weighted by molar-refractivity contribution is -0.119. The molecule has 1 saturated heterocycles. The van der Waals surface area contributed by atoms with Gasteiger partial charge in [-0.25, -0.2) is 8.42 Å². The molecule has 10 heteroatoms. The highest BCUT2D eigenvalue weighted by Gasteiger charge is 2.29. The van der Waals surface area contributed by atoms with Crippen LogP contribution in [0.15, 0.2) is 53.4 Å². The van der Waals surface area contributed by atoms with E-state index in [1.165, 1.54) is 24.3 Å². The molecule has 0 atom stereocenters. The molecule has 1 heterocycles. The van der Waals surface area contributed by atoms with E-state index in [1.807, 2.05) is 6.92 Å². The Kier molecular flexibility index (Phi) is 9.58. The average molecular weight is 509 g/mol. The second-order valence-electron chi connectivity index (χ2n) is 8.21. The van der Waals surface area contributed by atoms with Gasteiger partial charge in [-0.05, 0) is 63.3 Å². The lowest BCUT2D eigenvalue weighted by atomic mass is 10.3. The molecule has 0 unspecified atom stereocenters. The highest BCUT2D eigenvalue weighted by molar-refractivity contribution is 7.92. The van der Waals surface area contributed by atoms with Crippen LogP contribution in [0.2, 0.25) is 5.02 Å². The van der Waals surface area contributed by atoms with Gasteiger partial charge in [0.1, 0.15) is 12.3 Å². The zero-order valence-corrected chi connectivity index (χ0v) is 21.3. The minimum absolute atomic E-state index is 0.0473. The molecule has 2 aromatic rings. The minimum atomic E-state index is -4.04. The molecule has 8 nitrogen and oxygen atoms in total. The zero-order chi connectivity index (χ0) is 24.6. The maximum absolute atomic E-state index is 13.5. The van der Waals surface area contributed by atoms with Crippen molar-refractivity contribution in [2.45, 2.75) is 18.2 Å². The van der Waals surface area contributed by atoms with Crippen molar-refractivity contribution in [2.24, 2.45) is 0 Å². The first-order chi connectivity index (χ1) is 16.3. The lowest BCUT2D eigenvalue weighted by Gasteiger charge is -2.32. The van der Waals surface area contributed by atoms with Crippen LogP contribution in [0.25, 0.3) is 0 Å². The Bertz CT molecular complexity index is 1040. The summed E-state index contributed by atoms with van der Waals surface area (Å²) in [5.74, 6) is 0.0209. The van der Waals surface area contributed by atoms with E-state index in [0.29, 0.717) is 29.6 Å². The number of nitrogens with one attached hydrogen (secondary N) is 1. The van der Waals surface area contributed by atoms with Gasteiger partial charge in [-0.3, -0.25) is 9.10 Å². The number of anilines is 1. The third kappa shape index (κ3) is 7.09. The molecule has 0 aromatic heterocycles. The van der Waals surface area contributed by atoms with E-state index >= 15 is 0 Å². The van der Waals surface area contributed by atoms with Crippen molar-refractivity contribution >= 4 is 33.2 Å². The summed E-state index contributed by atoms with van der Waals surface area (Å²) < 4.78 is 33.8. The molecule has 2 aromatic carbocycles. The smallest absolute Gasteiger partial charge is 0.264 e. The maximum atomic E-state index is 13.5. The molecular formula is C24H33ClN4O4S. The Labute approximate surface area is 207 Å². The van der Waals surface area contributed by atoms with Crippen LogP contribution in [-0.4, -0.2) is 83.6 Å². The summed E-state index contributed by atoms with van der Waals surface area (Å²) in [6.07, 6.45) is 0.801. The normalized spacial score (nSPS) is 15.1. The average Bonchev–Trinajstić information content (AvgIpc) is 2.82. The first kappa shape index (κ1) is 26.3. The number of likely N-dealkylation sites (N-methyl/N-ethyl adjacent to an activating group) is 1. The van der Waals surface area contributed by atoms with Crippen molar-refractivity contribution in [3.05, 3.63) is 53.6 Å². The highest BCUT2D eigenvalue weighted by Crippen LogP contribution is 2.32. The van der Waals surface area contributed by atoms with Gasteiger partial charge < -0.3 is 19.9 Å². The van der Waals surface area contributed by atoms with E-state index in [4.69, 9.17) is 16.3 Å². The Morgan fingerprint density at radius 2 is 1.76 bits per heavy atom. The minimum Gasteiger partial charge on any atom is -0.492 e. The number of benzene rings is 2. The predicted octanol–water partition coefficient (Wildman–Crippen LogP) is 2.69. The van der Waals surface area contributed by atoms with Crippen LogP contribution < -0.4 is 14.4 Å². The van der Waals surface area contributed by atoms with Crippen LogP contribution >= 0.6 is 11.6 Å². The van der Waals surface area contributed by atoms with Gasteiger partial charge in [0, 0.05) is 37.7 Å². The van der Waals surface area contributed by atoms with Crippen molar-refractivity contribution in [3.63, 3.8) is 0 Å². The van der Waals surface area contributed by atoms with Gasteiger partial charge in [-0.2, -0.15) is 0 Å². The lowest BCUT2D eigenvalue weighted by Crippen LogP contribution is -2.45. The SMILES string of the molecule is CCOc1ccccc1N(CC(=O)NCCCN1CCN(C)CC1)S(=O)(=O)c1ccc(Cl)cc1. The number of para-hydroxylation sites is 2. The van der Waals surface area contributed by atoms with Gasteiger partial charge in [0.25, 0.3) is 10.0 Å². The van der Waals surface area contributed by atoms with Crippen molar-refractivity contribution in [2.75, 3.05) is 63.8 Å². The fourth-order valence-corrected chi connectivity index (χ4v) is 5.32. The van der Waals surface area contributed by atoms with Crippen LogP contribution in [0.4, 0.5) is 5.69 Å². The van der Waals surface area contributed by atoms with Crippen LogP contribution in [0, 0.1) is 0 Å².